The summed E-state index contributed by atoms with van der Waals surface area (Å²) in [6.45, 7) is 0.539. The molecule has 0 radical (unpaired) electrons. The summed E-state index contributed by atoms with van der Waals surface area (Å²) in [6, 6.07) is 9.62. The molecule has 0 saturated heterocycles. The molecule has 3 nitrogen and oxygen atoms in total. The Hall–Kier alpha value is -1.35. The van der Waals surface area contributed by atoms with Crippen LogP contribution in [0.1, 0.15) is 5.56 Å². The number of benzene rings is 1. The van der Waals surface area contributed by atoms with Gasteiger partial charge in [-0.2, -0.15) is 0 Å². The number of nitrogens with zero attached hydrogens (tertiary/aromatic N) is 1. The van der Waals surface area contributed by atoms with Gasteiger partial charge in [0, 0.05) is 5.56 Å². The number of aliphatic imine (C=N–C) groups is 1. The second-order valence-electron chi connectivity index (χ2n) is 2.95. The van der Waals surface area contributed by atoms with Crippen molar-refractivity contribution in [3.05, 3.63) is 35.9 Å². The Labute approximate surface area is 76.7 Å². The molecule has 0 unspecified atom stereocenters. The summed E-state index contributed by atoms with van der Waals surface area (Å²) in [5.41, 5.74) is 0.971. The van der Waals surface area contributed by atoms with Gasteiger partial charge >= 0.3 is 0 Å². The number of hydrogen-bond donors (Lipinski definition) is 1. The average molecular weight is 177 g/mol. The maximum Gasteiger partial charge on any atom is 0.216 e. The van der Waals surface area contributed by atoms with Crippen LogP contribution in [0.15, 0.2) is 35.3 Å². The Morgan fingerprint density at radius 3 is 2.77 bits per heavy atom. The SMILES string of the molecule is OC[C@@H]1COC(c2ccccc2)=N1. The molecule has 2 rings (SSSR count). The molecule has 1 aromatic carbocycles. The van der Waals surface area contributed by atoms with E-state index in [1.165, 1.54) is 0 Å². The number of aliphatic hydroxyl groups is 1. The Kier molecular flexibility index (Phi) is 2.27. The molecular weight excluding hydrogens is 166 g/mol. The third-order valence-corrected chi connectivity index (χ3v) is 1.94. The van der Waals surface area contributed by atoms with E-state index in [-0.39, 0.29) is 12.6 Å². The van der Waals surface area contributed by atoms with Gasteiger partial charge in [-0.1, -0.05) is 18.2 Å². The van der Waals surface area contributed by atoms with Crippen LogP contribution in [0, 0.1) is 0 Å². The van der Waals surface area contributed by atoms with Crippen LogP contribution in [0.3, 0.4) is 0 Å². The minimum atomic E-state index is -0.0878. The summed E-state index contributed by atoms with van der Waals surface area (Å²) >= 11 is 0. The van der Waals surface area contributed by atoms with E-state index in [1.54, 1.807) is 0 Å². The van der Waals surface area contributed by atoms with Gasteiger partial charge in [0.1, 0.15) is 12.6 Å². The van der Waals surface area contributed by atoms with Gasteiger partial charge in [-0.25, -0.2) is 4.99 Å². The van der Waals surface area contributed by atoms with Gasteiger partial charge < -0.3 is 9.84 Å². The molecule has 3 heteroatoms. The highest BCUT2D eigenvalue weighted by molar-refractivity contribution is 5.95. The summed E-state index contributed by atoms with van der Waals surface area (Å²) in [7, 11) is 0. The molecule has 0 fully saturated rings. The molecule has 0 aromatic heterocycles. The van der Waals surface area contributed by atoms with Crippen molar-refractivity contribution in [2.75, 3.05) is 13.2 Å². The van der Waals surface area contributed by atoms with Crippen molar-refractivity contribution in [3.63, 3.8) is 0 Å². The van der Waals surface area contributed by atoms with Gasteiger partial charge in [-0.3, -0.25) is 0 Å². The van der Waals surface area contributed by atoms with E-state index in [9.17, 15) is 0 Å². The normalized spacial score (nSPS) is 21.0. The summed E-state index contributed by atoms with van der Waals surface area (Å²) < 4.78 is 5.33. The number of aliphatic hydroxyl groups excluding tert-OH is 1. The van der Waals surface area contributed by atoms with Crippen molar-refractivity contribution < 1.29 is 9.84 Å². The quantitative estimate of drug-likeness (QED) is 0.726. The second-order valence-corrected chi connectivity index (χ2v) is 2.95. The van der Waals surface area contributed by atoms with Crippen molar-refractivity contribution in [1.29, 1.82) is 0 Å². The molecule has 0 spiro atoms. The van der Waals surface area contributed by atoms with Crippen LogP contribution in [0.25, 0.3) is 0 Å². The summed E-state index contributed by atoms with van der Waals surface area (Å²) in [5, 5.41) is 8.84. The van der Waals surface area contributed by atoms with Gasteiger partial charge in [0.15, 0.2) is 0 Å². The maximum atomic E-state index is 8.84. The molecular formula is C10H11NO2. The Morgan fingerprint density at radius 1 is 1.38 bits per heavy atom. The van der Waals surface area contributed by atoms with Crippen LogP contribution in [0.2, 0.25) is 0 Å². The van der Waals surface area contributed by atoms with E-state index in [1.807, 2.05) is 30.3 Å². The first kappa shape index (κ1) is 8.26. The minimum Gasteiger partial charge on any atom is -0.475 e. The van der Waals surface area contributed by atoms with Crippen LogP contribution in [0.5, 0.6) is 0 Å². The standard InChI is InChI=1S/C10H11NO2/c12-6-9-7-13-10(11-9)8-4-2-1-3-5-8/h1-5,9,12H,6-7H2/t9-/m1/s1. The zero-order valence-electron chi connectivity index (χ0n) is 7.18. The zero-order valence-corrected chi connectivity index (χ0v) is 7.18. The lowest BCUT2D eigenvalue weighted by atomic mass is 10.2. The van der Waals surface area contributed by atoms with Crippen LogP contribution >= 0.6 is 0 Å². The maximum absolute atomic E-state index is 8.84. The zero-order chi connectivity index (χ0) is 9.10. The first-order valence-electron chi connectivity index (χ1n) is 4.27. The van der Waals surface area contributed by atoms with Crippen molar-refractivity contribution in [3.8, 4) is 0 Å². The summed E-state index contributed by atoms with van der Waals surface area (Å²) in [6.07, 6.45) is 0. The fraction of sp³-hybridized carbons (Fsp3) is 0.300. The predicted octanol–water partition coefficient (Wildman–Crippen LogP) is 0.824. The second kappa shape index (κ2) is 3.58. The van der Waals surface area contributed by atoms with E-state index in [0.717, 1.165) is 5.56 Å². The molecule has 1 N–H and O–H groups in total. The predicted molar refractivity (Wildman–Crippen MR) is 49.8 cm³/mol. The molecule has 0 aliphatic carbocycles. The number of hydrogen-bond acceptors (Lipinski definition) is 3. The lowest BCUT2D eigenvalue weighted by Crippen LogP contribution is -2.10. The number of ether oxygens (including phenoxy) is 1. The summed E-state index contributed by atoms with van der Waals surface area (Å²) in [5.74, 6) is 0.639. The van der Waals surface area contributed by atoms with Crippen molar-refractivity contribution in [2.24, 2.45) is 4.99 Å². The van der Waals surface area contributed by atoms with Crippen LogP contribution in [0.4, 0.5) is 0 Å². The molecule has 1 aliphatic rings. The first-order chi connectivity index (χ1) is 6.40. The third kappa shape index (κ3) is 1.70. The average Bonchev–Trinajstić information content (AvgIpc) is 2.67. The van der Waals surface area contributed by atoms with Gasteiger partial charge in [0.25, 0.3) is 0 Å². The largest absolute Gasteiger partial charge is 0.475 e. The van der Waals surface area contributed by atoms with E-state index in [4.69, 9.17) is 9.84 Å². The molecule has 1 aromatic rings. The van der Waals surface area contributed by atoms with Gasteiger partial charge in [-0.15, -0.1) is 0 Å². The highest BCUT2D eigenvalue weighted by atomic mass is 16.5. The van der Waals surface area contributed by atoms with E-state index in [0.29, 0.717) is 12.5 Å². The smallest absolute Gasteiger partial charge is 0.216 e. The fourth-order valence-corrected chi connectivity index (χ4v) is 1.25. The van der Waals surface area contributed by atoms with E-state index >= 15 is 0 Å². The van der Waals surface area contributed by atoms with Crippen molar-refractivity contribution in [2.45, 2.75) is 6.04 Å². The van der Waals surface area contributed by atoms with Crippen molar-refractivity contribution in [1.82, 2.24) is 0 Å². The first-order valence-corrected chi connectivity index (χ1v) is 4.27. The highest BCUT2D eigenvalue weighted by Crippen LogP contribution is 2.10. The van der Waals surface area contributed by atoms with Gasteiger partial charge in [-0.05, 0) is 12.1 Å². The highest BCUT2D eigenvalue weighted by Gasteiger charge is 2.18. The van der Waals surface area contributed by atoms with E-state index < -0.39 is 0 Å². The monoisotopic (exact) mass is 177 g/mol. The molecule has 1 heterocycles. The molecule has 0 bridgehead atoms. The molecule has 1 atom stereocenters. The minimum absolute atomic E-state index is 0.0519. The lowest BCUT2D eigenvalue weighted by Gasteiger charge is -1.99. The molecule has 0 amide bonds. The lowest BCUT2D eigenvalue weighted by molar-refractivity contribution is 0.227. The van der Waals surface area contributed by atoms with Crippen molar-refractivity contribution >= 4 is 5.90 Å². The Morgan fingerprint density at radius 2 is 2.15 bits per heavy atom. The topological polar surface area (TPSA) is 41.8 Å². The summed E-state index contributed by atoms with van der Waals surface area (Å²) in [4.78, 5) is 4.22. The number of rotatable bonds is 2. The van der Waals surface area contributed by atoms with Crippen LogP contribution < -0.4 is 0 Å². The molecule has 68 valence electrons. The van der Waals surface area contributed by atoms with E-state index in [2.05, 4.69) is 4.99 Å². The van der Waals surface area contributed by atoms with Crippen LogP contribution in [-0.4, -0.2) is 30.3 Å². The van der Waals surface area contributed by atoms with Crippen LogP contribution in [-0.2, 0) is 4.74 Å². The fourth-order valence-electron chi connectivity index (χ4n) is 1.25. The Balaban J connectivity index is 2.19. The molecule has 0 saturated carbocycles. The molecule has 1 aliphatic heterocycles. The van der Waals surface area contributed by atoms with Gasteiger partial charge in [0.2, 0.25) is 5.90 Å². The molecule has 13 heavy (non-hydrogen) atoms. The third-order valence-electron chi connectivity index (χ3n) is 1.94. The Bertz CT molecular complexity index is 308. The van der Waals surface area contributed by atoms with Gasteiger partial charge in [0.05, 0.1) is 6.61 Å².